The largest absolute Gasteiger partial charge is 0.388 e. The molecule has 1 unspecified atom stereocenters. The predicted molar refractivity (Wildman–Crippen MR) is 110 cm³/mol. The molecule has 1 saturated carbocycles. The highest BCUT2D eigenvalue weighted by atomic mass is 16.5. The van der Waals surface area contributed by atoms with Gasteiger partial charge in [-0.1, -0.05) is 19.1 Å². The zero-order chi connectivity index (χ0) is 21.3. The summed E-state index contributed by atoms with van der Waals surface area (Å²) in [5, 5.41) is 3.05. The van der Waals surface area contributed by atoms with Gasteiger partial charge in [-0.15, -0.1) is 0 Å². The van der Waals surface area contributed by atoms with E-state index in [1.54, 1.807) is 35.9 Å². The van der Waals surface area contributed by atoms with Crippen molar-refractivity contribution >= 4 is 23.3 Å². The molecule has 1 aromatic rings. The Morgan fingerprint density at radius 3 is 1.83 bits per heavy atom. The van der Waals surface area contributed by atoms with Gasteiger partial charge < -0.3 is 24.6 Å². The van der Waals surface area contributed by atoms with E-state index >= 15 is 0 Å². The van der Waals surface area contributed by atoms with Crippen LogP contribution >= 0.6 is 0 Å². The summed E-state index contributed by atoms with van der Waals surface area (Å²) in [5.41, 5.74) is 0.155. The van der Waals surface area contributed by atoms with Crippen molar-refractivity contribution < 1.29 is 23.9 Å². The van der Waals surface area contributed by atoms with Gasteiger partial charge in [0.1, 0.15) is 0 Å². The minimum absolute atomic E-state index is 0.123. The number of benzene rings is 1. The SMILES string of the molecule is CNc1ccccc1C(=O)C1(C)[C@H](C(=O)N2CCOCC2)[C@@H]1C(=O)N1CCOCC1. The van der Waals surface area contributed by atoms with Gasteiger partial charge in [0.05, 0.1) is 43.7 Å². The summed E-state index contributed by atoms with van der Waals surface area (Å²) in [6.45, 7) is 5.66. The molecule has 2 amide bonds. The molecule has 30 heavy (non-hydrogen) atoms. The number of morpholine rings is 2. The minimum atomic E-state index is -1.06. The Kier molecular flexibility index (Phi) is 5.79. The molecule has 1 N–H and O–H groups in total. The van der Waals surface area contributed by atoms with E-state index in [0.29, 0.717) is 63.9 Å². The summed E-state index contributed by atoms with van der Waals surface area (Å²) in [7, 11) is 1.76. The van der Waals surface area contributed by atoms with E-state index in [9.17, 15) is 14.4 Å². The standard InChI is InChI=1S/C22H29N3O5/c1-22(19(26)15-5-3-4-6-16(15)23-2)17(20(27)24-7-11-29-12-8-24)18(22)21(28)25-9-13-30-14-10-25/h3-6,17-18,23H,7-14H2,1-2H3/t17-,18+,22?. The topological polar surface area (TPSA) is 88.2 Å². The molecule has 8 heteroatoms. The van der Waals surface area contributed by atoms with Crippen LogP contribution in [-0.4, -0.2) is 87.1 Å². The van der Waals surface area contributed by atoms with E-state index in [1.807, 2.05) is 12.1 Å². The average Bonchev–Trinajstić information content (AvgIpc) is 3.45. The summed E-state index contributed by atoms with van der Waals surface area (Å²) in [6.07, 6.45) is 0. The third-order valence-corrected chi connectivity index (χ3v) is 6.62. The Hall–Kier alpha value is -2.45. The van der Waals surface area contributed by atoms with Gasteiger partial charge in [0, 0.05) is 44.5 Å². The molecule has 0 aromatic heterocycles. The molecule has 1 aliphatic carbocycles. The second-order valence-corrected chi connectivity index (χ2v) is 8.24. The zero-order valence-electron chi connectivity index (χ0n) is 17.6. The van der Waals surface area contributed by atoms with Gasteiger partial charge in [0.15, 0.2) is 5.78 Å². The number of ether oxygens (including phenoxy) is 2. The maximum Gasteiger partial charge on any atom is 0.227 e. The normalized spacial score (nSPS) is 28.7. The maximum atomic E-state index is 13.7. The number of para-hydroxylation sites is 1. The van der Waals surface area contributed by atoms with Crippen LogP contribution in [-0.2, 0) is 19.1 Å². The predicted octanol–water partition coefficient (Wildman–Crippen LogP) is 0.881. The lowest BCUT2D eigenvalue weighted by atomic mass is 9.91. The molecule has 1 aromatic carbocycles. The van der Waals surface area contributed by atoms with E-state index in [-0.39, 0.29) is 17.6 Å². The van der Waals surface area contributed by atoms with Crippen LogP contribution in [0.15, 0.2) is 24.3 Å². The first kappa shape index (κ1) is 20.8. The molecule has 0 bridgehead atoms. The van der Waals surface area contributed by atoms with Crippen molar-refractivity contribution in [2.24, 2.45) is 17.3 Å². The number of carbonyl (C=O) groups is 3. The third kappa shape index (κ3) is 3.48. The van der Waals surface area contributed by atoms with Gasteiger partial charge in [-0.3, -0.25) is 14.4 Å². The molecule has 8 nitrogen and oxygen atoms in total. The minimum Gasteiger partial charge on any atom is -0.388 e. The summed E-state index contributed by atoms with van der Waals surface area (Å²) < 4.78 is 10.7. The van der Waals surface area contributed by atoms with E-state index < -0.39 is 17.3 Å². The van der Waals surface area contributed by atoms with Gasteiger partial charge in [0.2, 0.25) is 11.8 Å². The molecule has 162 valence electrons. The molecule has 3 atom stereocenters. The third-order valence-electron chi connectivity index (χ3n) is 6.62. The van der Waals surface area contributed by atoms with Gasteiger partial charge in [0.25, 0.3) is 0 Å². The molecule has 4 rings (SSSR count). The number of carbonyl (C=O) groups excluding carboxylic acids is 3. The Labute approximate surface area is 176 Å². The van der Waals surface area contributed by atoms with Crippen molar-refractivity contribution in [2.45, 2.75) is 6.92 Å². The summed E-state index contributed by atoms with van der Waals surface area (Å²) in [5.74, 6) is -1.71. The lowest BCUT2D eigenvalue weighted by Gasteiger charge is -2.28. The van der Waals surface area contributed by atoms with Crippen molar-refractivity contribution in [3.05, 3.63) is 29.8 Å². The number of amides is 2. The van der Waals surface area contributed by atoms with Crippen LogP contribution in [0, 0.1) is 17.3 Å². The van der Waals surface area contributed by atoms with Crippen LogP contribution in [0.25, 0.3) is 0 Å². The monoisotopic (exact) mass is 415 g/mol. The van der Waals surface area contributed by atoms with Gasteiger partial charge in [-0.2, -0.15) is 0 Å². The Morgan fingerprint density at radius 1 is 0.900 bits per heavy atom. The Balaban J connectivity index is 1.65. The maximum absolute atomic E-state index is 13.7. The van der Waals surface area contributed by atoms with Crippen molar-refractivity contribution in [3.63, 3.8) is 0 Å². The number of anilines is 1. The number of ketones is 1. The van der Waals surface area contributed by atoms with Crippen molar-refractivity contribution in [1.29, 1.82) is 0 Å². The first-order valence-corrected chi connectivity index (χ1v) is 10.5. The van der Waals surface area contributed by atoms with Crippen LogP contribution in [0.4, 0.5) is 5.69 Å². The zero-order valence-corrected chi connectivity index (χ0v) is 17.6. The van der Waals surface area contributed by atoms with Gasteiger partial charge in [-0.25, -0.2) is 0 Å². The van der Waals surface area contributed by atoms with Crippen LogP contribution < -0.4 is 5.32 Å². The molecule has 0 spiro atoms. The number of hydrogen-bond donors (Lipinski definition) is 1. The number of hydrogen-bond acceptors (Lipinski definition) is 6. The molecule has 3 fully saturated rings. The van der Waals surface area contributed by atoms with Gasteiger partial charge in [-0.05, 0) is 12.1 Å². The molecule has 3 aliphatic rings. The van der Waals surface area contributed by atoms with Crippen LogP contribution in [0.1, 0.15) is 17.3 Å². The van der Waals surface area contributed by atoms with Crippen molar-refractivity contribution in [1.82, 2.24) is 9.80 Å². The summed E-state index contributed by atoms with van der Waals surface area (Å²) in [4.78, 5) is 43.9. The summed E-state index contributed by atoms with van der Waals surface area (Å²) >= 11 is 0. The van der Waals surface area contributed by atoms with Crippen LogP contribution in [0.2, 0.25) is 0 Å². The smallest absolute Gasteiger partial charge is 0.227 e. The first-order chi connectivity index (χ1) is 14.5. The first-order valence-electron chi connectivity index (χ1n) is 10.5. The lowest BCUT2D eigenvalue weighted by molar-refractivity contribution is -0.142. The fourth-order valence-corrected chi connectivity index (χ4v) is 4.74. The summed E-state index contributed by atoms with van der Waals surface area (Å²) in [6, 6.07) is 7.24. The second kappa shape index (κ2) is 8.35. The lowest BCUT2D eigenvalue weighted by Crippen LogP contribution is -2.44. The molecule has 2 heterocycles. The quantitative estimate of drug-likeness (QED) is 0.719. The van der Waals surface area contributed by atoms with Crippen molar-refractivity contribution in [2.75, 3.05) is 65.0 Å². The molecule has 0 radical (unpaired) electrons. The van der Waals surface area contributed by atoms with E-state index in [0.717, 1.165) is 0 Å². The van der Waals surface area contributed by atoms with E-state index in [1.165, 1.54) is 0 Å². The Morgan fingerprint density at radius 2 is 1.37 bits per heavy atom. The van der Waals surface area contributed by atoms with E-state index in [2.05, 4.69) is 5.32 Å². The number of rotatable bonds is 5. The second-order valence-electron chi connectivity index (χ2n) is 8.24. The van der Waals surface area contributed by atoms with Crippen molar-refractivity contribution in [3.8, 4) is 0 Å². The fourth-order valence-electron chi connectivity index (χ4n) is 4.74. The highest BCUT2D eigenvalue weighted by Crippen LogP contribution is 2.62. The molecule has 2 saturated heterocycles. The number of nitrogens with zero attached hydrogens (tertiary/aromatic N) is 2. The molecular formula is C22H29N3O5. The fraction of sp³-hybridized carbons (Fsp3) is 0.591. The number of nitrogens with one attached hydrogen (secondary N) is 1. The number of Topliss-reactive ketones (excluding diaryl/α,β-unsaturated/α-hetero) is 1. The Bertz CT molecular complexity index is 794. The van der Waals surface area contributed by atoms with E-state index in [4.69, 9.17) is 9.47 Å². The highest BCUT2D eigenvalue weighted by molar-refractivity contribution is 6.14. The molecule has 2 aliphatic heterocycles. The van der Waals surface area contributed by atoms with Gasteiger partial charge >= 0.3 is 0 Å². The van der Waals surface area contributed by atoms with Crippen LogP contribution in [0.3, 0.4) is 0 Å². The molecular weight excluding hydrogens is 386 g/mol. The highest BCUT2D eigenvalue weighted by Gasteiger charge is 2.73. The average molecular weight is 415 g/mol. The van der Waals surface area contributed by atoms with Crippen LogP contribution in [0.5, 0.6) is 0 Å².